The molecule has 2 aromatic carbocycles. The molecule has 0 aromatic heterocycles. The van der Waals surface area contributed by atoms with E-state index in [9.17, 15) is 23.1 Å². The molecule has 32 heavy (non-hydrogen) atoms. The van der Waals surface area contributed by atoms with Crippen LogP contribution in [0.3, 0.4) is 0 Å². The molecule has 1 heterocycles. The first-order valence-electron chi connectivity index (χ1n) is 10.6. The Hall–Kier alpha value is -2.41. The van der Waals surface area contributed by atoms with Gasteiger partial charge in [-0.25, -0.2) is 4.79 Å². The zero-order valence-corrected chi connectivity index (χ0v) is 19.7. The van der Waals surface area contributed by atoms with Crippen LogP contribution < -0.4 is 0 Å². The van der Waals surface area contributed by atoms with Crippen LogP contribution in [0.1, 0.15) is 55.9 Å². The van der Waals surface area contributed by atoms with Crippen LogP contribution in [0.4, 0.5) is 13.2 Å². The number of hydrogen-bond donors (Lipinski definition) is 1. The summed E-state index contributed by atoms with van der Waals surface area (Å²) in [6.45, 7) is 9.75. The summed E-state index contributed by atoms with van der Waals surface area (Å²) >= 11 is 1.40. The maximum atomic E-state index is 12.7. The summed E-state index contributed by atoms with van der Waals surface area (Å²) in [6, 6.07) is 10.6. The molecule has 0 saturated heterocycles. The van der Waals surface area contributed by atoms with Crippen molar-refractivity contribution in [1.29, 1.82) is 0 Å². The molecule has 0 aliphatic carbocycles. The second-order valence-electron chi connectivity index (χ2n) is 7.56. The summed E-state index contributed by atoms with van der Waals surface area (Å²) in [5.74, 6) is -0.544. The van der Waals surface area contributed by atoms with Gasteiger partial charge in [0.15, 0.2) is 0 Å². The van der Waals surface area contributed by atoms with Crippen molar-refractivity contribution in [2.75, 3.05) is 0 Å². The highest BCUT2D eigenvalue weighted by molar-refractivity contribution is 7.99. The Morgan fingerprint density at radius 2 is 1.75 bits per heavy atom. The Labute approximate surface area is 191 Å². The fourth-order valence-electron chi connectivity index (χ4n) is 3.55. The minimum Gasteiger partial charge on any atom is -0.511 e. The highest BCUT2D eigenvalue weighted by atomic mass is 32.2. The van der Waals surface area contributed by atoms with E-state index >= 15 is 0 Å². The highest BCUT2D eigenvalue weighted by Crippen LogP contribution is 2.35. The number of benzene rings is 2. The molecule has 2 unspecified atom stereocenters. The number of cyclic esters (lactones) is 1. The number of esters is 1. The molecule has 7 heteroatoms. The van der Waals surface area contributed by atoms with E-state index in [1.165, 1.54) is 23.9 Å². The number of carbonyl (C=O) groups excluding carboxylic acids is 1. The number of aryl methyl sites for hydroxylation is 2. The summed E-state index contributed by atoms with van der Waals surface area (Å²) in [6.07, 6.45) is -4.15. The van der Waals surface area contributed by atoms with Gasteiger partial charge in [0.2, 0.25) is 0 Å². The minimum absolute atomic E-state index is 0.00920. The van der Waals surface area contributed by atoms with E-state index < -0.39 is 23.8 Å². The number of alkyl halides is 3. The van der Waals surface area contributed by atoms with Crippen molar-refractivity contribution >= 4 is 23.3 Å². The number of rotatable bonds is 5. The zero-order valence-electron chi connectivity index (χ0n) is 18.9. The second kappa shape index (κ2) is 10.9. The molecule has 1 aliphatic heterocycles. The average Bonchev–Trinajstić information content (AvgIpc) is 2.70. The molecular formula is C25H29F3O3S. The molecule has 3 rings (SSSR count). The Morgan fingerprint density at radius 3 is 2.28 bits per heavy atom. The molecule has 0 spiro atoms. The molecule has 3 nitrogen and oxygen atoms in total. The molecule has 1 aliphatic rings. The van der Waals surface area contributed by atoms with Gasteiger partial charge in [-0.15, -0.1) is 11.8 Å². The summed E-state index contributed by atoms with van der Waals surface area (Å²) in [7, 11) is 0. The monoisotopic (exact) mass is 466 g/mol. The molecule has 0 amide bonds. The van der Waals surface area contributed by atoms with E-state index in [1.807, 2.05) is 46.8 Å². The number of halogens is 3. The standard InChI is InChI=1S/C23H23F3O3S.C2H6/c1-13-4-9-19(14(2)10-13)21-20(27)12-17(29-22(21)28)11-15(3)30-18-7-5-16(6-8-18)23(24,25)26;1-2/h4-10,15,17,27H,11-12H2,1-3H3;1-2H3. The van der Waals surface area contributed by atoms with Crippen molar-refractivity contribution in [2.45, 2.75) is 69.9 Å². The number of aliphatic hydroxyl groups excluding tert-OH is 1. The Morgan fingerprint density at radius 1 is 1.12 bits per heavy atom. The first-order chi connectivity index (χ1) is 15.0. The third-order valence-electron chi connectivity index (χ3n) is 4.95. The number of thioether (sulfide) groups is 1. The van der Waals surface area contributed by atoms with Gasteiger partial charge in [0, 0.05) is 16.6 Å². The number of aliphatic hydroxyl groups is 1. The van der Waals surface area contributed by atoms with Crippen LogP contribution in [0.2, 0.25) is 0 Å². The normalized spacial score (nSPS) is 17.4. The van der Waals surface area contributed by atoms with E-state index in [0.29, 0.717) is 16.9 Å². The number of hydrogen-bond acceptors (Lipinski definition) is 4. The van der Waals surface area contributed by atoms with Crippen LogP contribution in [0.5, 0.6) is 0 Å². The van der Waals surface area contributed by atoms with Crippen molar-refractivity contribution in [2.24, 2.45) is 0 Å². The highest BCUT2D eigenvalue weighted by Gasteiger charge is 2.32. The van der Waals surface area contributed by atoms with Gasteiger partial charge in [0.05, 0.1) is 5.56 Å². The van der Waals surface area contributed by atoms with Crippen LogP contribution in [-0.2, 0) is 15.7 Å². The van der Waals surface area contributed by atoms with Crippen LogP contribution in [-0.4, -0.2) is 22.4 Å². The lowest BCUT2D eigenvalue weighted by molar-refractivity contribution is -0.144. The average molecular weight is 467 g/mol. The Kier molecular flexibility index (Phi) is 8.84. The minimum atomic E-state index is -4.36. The predicted octanol–water partition coefficient (Wildman–Crippen LogP) is 7.50. The van der Waals surface area contributed by atoms with Gasteiger partial charge in [0.1, 0.15) is 17.4 Å². The van der Waals surface area contributed by atoms with Crippen LogP contribution in [0, 0.1) is 13.8 Å². The molecular weight excluding hydrogens is 437 g/mol. The Balaban J connectivity index is 0.00000176. The largest absolute Gasteiger partial charge is 0.511 e. The van der Waals surface area contributed by atoms with Gasteiger partial charge in [-0.05, 0) is 55.7 Å². The SMILES string of the molecule is CC.Cc1ccc(C2=C(O)CC(CC(C)Sc3ccc(C(F)(F)F)cc3)OC2=O)c(C)c1. The topological polar surface area (TPSA) is 46.5 Å². The number of ether oxygens (including phenoxy) is 1. The Bertz CT molecular complexity index is 965. The third-order valence-corrected chi connectivity index (χ3v) is 6.09. The van der Waals surface area contributed by atoms with E-state index in [0.717, 1.165) is 23.3 Å². The lowest BCUT2D eigenvalue weighted by atomic mass is 9.94. The fraction of sp³-hybridized carbons (Fsp3) is 0.400. The maximum Gasteiger partial charge on any atom is 0.416 e. The quantitative estimate of drug-likeness (QED) is 0.366. The molecule has 2 atom stereocenters. The van der Waals surface area contributed by atoms with Crippen molar-refractivity contribution < 1.29 is 27.8 Å². The zero-order chi connectivity index (χ0) is 24.1. The first kappa shape index (κ1) is 25.8. The van der Waals surface area contributed by atoms with Crippen LogP contribution >= 0.6 is 11.8 Å². The molecule has 174 valence electrons. The van der Waals surface area contributed by atoms with E-state index in [4.69, 9.17) is 4.74 Å². The van der Waals surface area contributed by atoms with Crippen molar-refractivity contribution in [1.82, 2.24) is 0 Å². The van der Waals surface area contributed by atoms with Gasteiger partial charge < -0.3 is 9.84 Å². The maximum absolute atomic E-state index is 12.7. The summed E-state index contributed by atoms with van der Waals surface area (Å²) < 4.78 is 43.6. The van der Waals surface area contributed by atoms with Gasteiger partial charge in [0.25, 0.3) is 0 Å². The molecule has 0 bridgehead atoms. The van der Waals surface area contributed by atoms with Gasteiger partial charge in [-0.3, -0.25) is 0 Å². The summed E-state index contributed by atoms with van der Waals surface area (Å²) in [4.78, 5) is 13.3. The lowest BCUT2D eigenvalue weighted by Gasteiger charge is -2.27. The van der Waals surface area contributed by atoms with Crippen molar-refractivity contribution in [3.05, 3.63) is 70.5 Å². The second-order valence-corrected chi connectivity index (χ2v) is 9.07. The van der Waals surface area contributed by atoms with Crippen LogP contribution in [0.25, 0.3) is 5.57 Å². The number of carbonyl (C=O) groups is 1. The van der Waals surface area contributed by atoms with Crippen molar-refractivity contribution in [3.8, 4) is 0 Å². The predicted molar refractivity (Wildman–Crippen MR) is 123 cm³/mol. The smallest absolute Gasteiger partial charge is 0.416 e. The van der Waals surface area contributed by atoms with E-state index in [-0.39, 0.29) is 23.0 Å². The van der Waals surface area contributed by atoms with Gasteiger partial charge in [-0.1, -0.05) is 44.5 Å². The van der Waals surface area contributed by atoms with E-state index in [1.54, 1.807) is 6.07 Å². The third kappa shape index (κ3) is 6.55. The van der Waals surface area contributed by atoms with Crippen molar-refractivity contribution in [3.63, 3.8) is 0 Å². The molecule has 0 radical (unpaired) electrons. The van der Waals surface area contributed by atoms with E-state index in [2.05, 4.69) is 0 Å². The molecule has 1 N–H and O–H groups in total. The summed E-state index contributed by atoms with van der Waals surface area (Å²) in [5.41, 5.74) is 2.13. The van der Waals surface area contributed by atoms with Crippen LogP contribution in [0.15, 0.2) is 53.1 Å². The lowest BCUT2D eigenvalue weighted by Crippen LogP contribution is -2.28. The fourth-order valence-corrected chi connectivity index (χ4v) is 4.62. The molecule has 2 aromatic rings. The molecule has 0 fully saturated rings. The first-order valence-corrected chi connectivity index (χ1v) is 11.5. The van der Waals surface area contributed by atoms with Gasteiger partial charge >= 0.3 is 12.1 Å². The van der Waals surface area contributed by atoms with Gasteiger partial charge in [-0.2, -0.15) is 13.2 Å². The summed E-state index contributed by atoms with van der Waals surface area (Å²) in [5, 5.41) is 10.5. The molecule has 0 saturated carbocycles.